The zero-order chi connectivity index (χ0) is 26.7. The maximum Gasteiger partial charge on any atom is 0.308 e. The average molecular weight is 523 g/mol. The van der Waals surface area contributed by atoms with E-state index < -0.39 is 0 Å². The third kappa shape index (κ3) is 14.0. The topological polar surface area (TPSA) is 63.2 Å². The van der Waals surface area contributed by atoms with Crippen LogP contribution in [0.5, 0.6) is 0 Å². The lowest BCUT2D eigenvalue weighted by molar-refractivity contribution is -0.165. The molecular weight excluding hydrogens is 468 g/mol. The van der Waals surface area contributed by atoms with Crippen molar-refractivity contribution in [1.82, 2.24) is 0 Å². The second kappa shape index (κ2) is 19.9. The van der Waals surface area contributed by atoms with Gasteiger partial charge in [-0.15, -0.1) is 12.3 Å². The number of unbranched alkanes of at least 4 members (excludes halogenated alkanes) is 7. The summed E-state index contributed by atoms with van der Waals surface area (Å²) < 4.78 is 30.7. The van der Waals surface area contributed by atoms with Crippen LogP contribution in [0.3, 0.4) is 0 Å². The van der Waals surface area contributed by atoms with E-state index in [4.69, 9.17) is 30.1 Å². The van der Waals surface area contributed by atoms with Crippen molar-refractivity contribution in [3.63, 3.8) is 0 Å². The molecule has 37 heavy (non-hydrogen) atoms. The van der Waals surface area contributed by atoms with Crippen molar-refractivity contribution in [2.45, 2.75) is 160 Å². The lowest BCUT2D eigenvalue weighted by Crippen LogP contribution is -2.41. The number of carbonyl (C=O) groups is 1. The predicted molar refractivity (Wildman–Crippen MR) is 147 cm³/mol. The van der Waals surface area contributed by atoms with Crippen molar-refractivity contribution in [2.75, 3.05) is 20.3 Å². The van der Waals surface area contributed by atoms with Gasteiger partial charge in [0.15, 0.2) is 0 Å². The molecule has 2 aliphatic rings. The second-order valence-electron chi connectivity index (χ2n) is 10.9. The van der Waals surface area contributed by atoms with E-state index >= 15 is 0 Å². The Morgan fingerprint density at radius 1 is 0.919 bits per heavy atom. The van der Waals surface area contributed by atoms with Gasteiger partial charge >= 0.3 is 5.97 Å². The Morgan fingerprint density at radius 3 is 2.38 bits per heavy atom. The molecule has 2 fully saturated rings. The first-order valence-corrected chi connectivity index (χ1v) is 15.1. The first-order chi connectivity index (χ1) is 18.1. The number of terminal acetylenes is 1. The van der Waals surface area contributed by atoms with Crippen LogP contribution in [0.25, 0.3) is 0 Å². The zero-order valence-electron chi connectivity index (χ0n) is 23.9. The molecule has 2 heterocycles. The van der Waals surface area contributed by atoms with E-state index in [1.54, 1.807) is 7.11 Å². The van der Waals surface area contributed by atoms with Crippen molar-refractivity contribution >= 4 is 5.97 Å². The molecule has 2 rings (SSSR count). The van der Waals surface area contributed by atoms with E-state index in [1.807, 2.05) is 0 Å². The Hall–Kier alpha value is -1.13. The first kappa shape index (κ1) is 32.1. The van der Waals surface area contributed by atoms with Gasteiger partial charge < -0.3 is 23.7 Å². The van der Waals surface area contributed by atoms with E-state index in [0.29, 0.717) is 6.61 Å². The number of ether oxygens (including phenoxy) is 5. The third-order valence-electron chi connectivity index (χ3n) is 7.71. The molecule has 2 bridgehead atoms. The summed E-state index contributed by atoms with van der Waals surface area (Å²) in [5.41, 5.74) is 0. The molecule has 0 aromatic rings. The standard InChI is InChI=1S/C31H54O6/c1-5-8-10-11-12-13-14-15-16-26-17-19-35-25(7-3)20-27(33-4)21-29-22-28(34-18-9-6-2)23-30(36-29)24-31(32)37-26/h1,25-30H,6-24H2,2-4H3/t25?,26-,27+,28-,29?,30?/m0/s1. The van der Waals surface area contributed by atoms with Crippen LogP contribution in [0.4, 0.5) is 0 Å². The number of carbonyl (C=O) groups excluding carboxylic acids is 1. The minimum Gasteiger partial charge on any atom is -0.462 e. The van der Waals surface area contributed by atoms with Gasteiger partial charge in [0.1, 0.15) is 6.10 Å². The Morgan fingerprint density at radius 2 is 1.65 bits per heavy atom. The number of cyclic esters (lactones) is 1. The molecule has 0 aromatic heterocycles. The number of methoxy groups -OCH3 is 1. The van der Waals surface area contributed by atoms with Gasteiger partial charge in [-0.3, -0.25) is 4.79 Å². The monoisotopic (exact) mass is 522 g/mol. The fourth-order valence-corrected chi connectivity index (χ4v) is 5.46. The highest BCUT2D eigenvalue weighted by Gasteiger charge is 2.34. The van der Waals surface area contributed by atoms with Gasteiger partial charge in [-0.25, -0.2) is 0 Å². The van der Waals surface area contributed by atoms with Crippen molar-refractivity contribution in [1.29, 1.82) is 0 Å². The van der Waals surface area contributed by atoms with Crippen molar-refractivity contribution in [3.05, 3.63) is 0 Å². The minimum absolute atomic E-state index is 0.0139. The number of hydrogen-bond acceptors (Lipinski definition) is 6. The Kier molecular flexibility index (Phi) is 17.2. The summed E-state index contributed by atoms with van der Waals surface area (Å²) in [6.45, 7) is 5.70. The van der Waals surface area contributed by atoms with Crippen LogP contribution >= 0.6 is 0 Å². The van der Waals surface area contributed by atoms with E-state index in [0.717, 1.165) is 90.1 Å². The molecular formula is C31H54O6. The highest BCUT2D eigenvalue weighted by Crippen LogP contribution is 2.29. The highest BCUT2D eigenvalue weighted by atomic mass is 16.6. The average Bonchev–Trinajstić information content (AvgIpc) is 2.88. The van der Waals surface area contributed by atoms with Crippen molar-refractivity contribution in [2.24, 2.45) is 0 Å². The van der Waals surface area contributed by atoms with Gasteiger partial charge in [0, 0.05) is 33.0 Å². The predicted octanol–water partition coefficient (Wildman–Crippen LogP) is 6.77. The van der Waals surface area contributed by atoms with Gasteiger partial charge in [-0.1, -0.05) is 46.0 Å². The van der Waals surface area contributed by atoms with Crippen LogP contribution in [0, 0.1) is 12.3 Å². The summed E-state index contributed by atoms with van der Waals surface area (Å²) in [6.07, 6.45) is 21.4. The lowest BCUT2D eigenvalue weighted by atomic mass is 9.94. The zero-order valence-corrected chi connectivity index (χ0v) is 23.9. The van der Waals surface area contributed by atoms with E-state index in [-0.39, 0.29) is 49.0 Å². The van der Waals surface area contributed by atoms with Gasteiger partial charge in [0.2, 0.25) is 0 Å². The number of hydrogen-bond donors (Lipinski definition) is 0. The maximum atomic E-state index is 13.0. The molecule has 0 spiro atoms. The highest BCUT2D eigenvalue weighted by molar-refractivity contribution is 5.70. The molecule has 6 nitrogen and oxygen atoms in total. The summed E-state index contributed by atoms with van der Waals surface area (Å²) >= 11 is 0. The molecule has 6 atom stereocenters. The Labute approximate surface area is 226 Å². The van der Waals surface area contributed by atoms with Crippen molar-refractivity contribution < 1.29 is 28.5 Å². The van der Waals surface area contributed by atoms with Gasteiger partial charge in [-0.05, 0) is 51.4 Å². The van der Waals surface area contributed by atoms with Crippen LogP contribution in [0.2, 0.25) is 0 Å². The lowest BCUT2D eigenvalue weighted by Gasteiger charge is -2.37. The molecule has 2 aliphatic heterocycles. The molecule has 2 saturated heterocycles. The van der Waals surface area contributed by atoms with E-state index in [1.165, 1.54) is 19.3 Å². The molecule has 0 saturated carbocycles. The molecule has 3 unspecified atom stereocenters. The van der Waals surface area contributed by atoms with Gasteiger partial charge in [0.25, 0.3) is 0 Å². The molecule has 6 heteroatoms. The number of fused-ring (bicyclic) bond motifs is 2. The second-order valence-corrected chi connectivity index (χ2v) is 10.9. The molecule has 0 amide bonds. The fraction of sp³-hybridized carbons (Fsp3) is 0.903. The SMILES string of the molecule is C#CCCCCCCCC[C@H]1CCOC(CC)C[C@@H](OC)CC2C[C@H](OCCCC)CC(CC(=O)O1)O2. The third-order valence-corrected chi connectivity index (χ3v) is 7.71. The van der Waals surface area contributed by atoms with E-state index in [2.05, 4.69) is 19.8 Å². The molecule has 214 valence electrons. The normalized spacial score (nSPS) is 29.7. The van der Waals surface area contributed by atoms with Crippen molar-refractivity contribution in [3.8, 4) is 12.3 Å². The van der Waals surface area contributed by atoms with Crippen LogP contribution in [0.15, 0.2) is 0 Å². The maximum absolute atomic E-state index is 13.0. The first-order valence-electron chi connectivity index (χ1n) is 15.1. The Bertz CT molecular complexity index is 632. The Balaban J connectivity index is 1.97. The van der Waals surface area contributed by atoms with Crippen LogP contribution < -0.4 is 0 Å². The van der Waals surface area contributed by atoms with Gasteiger partial charge in [0.05, 0.1) is 43.5 Å². The van der Waals surface area contributed by atoms with E-state index in [9.17, 15) is 4.79 Å². The fourth-order valence-electron chi connectivity index (χ4n) is 5.46. The summed E-state index contributed by atoms with van der Waals surface area (Å²) in [5, 5.41) is 0. The summed E-state index contributed by atoms with van der Waals surface area (Å²) in [6, 6.07) is 0. The largest absolute Gasteiger partial charge is 0.462 e. The molecule has 0 radical (unpaired) electrons. The summed E-state index contributed by atoms with van der Waals surface area (Å²) in [4.78, 5) is 13.0. The van der Waals surface area contributed by atoms with Crippen LogP contribution in [-0.2, 0) is 28.5 Å². The minimum atomic E-state index is -0.166. The quantitative estimate of drug-likeness (QED) is 0.143. The van der Waals surface area contributed by atoms with Crippen LogP contribution in [-0.4, -0.2) is 62.9 Å². The molecule has 0 aliphatic carbocycles. The van der Waals surface area contributed by atoms with Gasteiger partial charge in [-0.2, -0.15) is 0 Å². The smallest absolute Gasteiger partial charge is 0.308 e. The molecule has 0 N–H and O–H groups in total. The van der Waals surface area contributed by atoms with Crippen LogP contribution in [0.1, 0.15) is 123 Å². The summed E-state index contributed by atoms with van der Waals surface area (Å²) in [5.74, 6) is 2.55. The number of esters is 1. The number of rotatable bonds is 14. The summed E-state index contributed by atoms with van der Waals surface area (Å²) in [7, 11) is 1.78. The molecule has 0 aromatic carbocycles.